The van der Waals surface area contributed by atoms with Gasteiger partial charge in [-0.2, -0.15) is 0 Å². The molecule has 0 radical (unpaired) electrons. The molecule has 0 bridgehead atoms. The highest BCUT2D eigenvalue weighted by Gasteiger charge is 2.19. The van der Waals surface area contributed by atoms with Crippen molar-refractivity contribution in [1.82, 2.24) is 10.2 Å². The second-order valence-electron chi connectivity index (χ2n) is 6.11. The summed E-state index contributed by atoms with van der Waals surface area (Å²) in [6.45, 7) is 2.73. The number of ether oxygens (including phenoxy) is 3. The van der Waals surface area contributed by atoms with Crippen molar-refractivity contribution >= 4 is 0 Å². The van der Waals surface area contributed by atoms with E-state index in [1.54, 1.807) is 21.3 Å². The van der Waals surface area contributed by atoms with Crippen LogP contribution < -0.4 is 19.5 Å². The van der Waals surface area contributed by atoms with Crippen molar-refractivity contribution in [3.63, 3.8) is 0 Å². The van der Waals surface area contributed by atoms with Gasteiger partial charge in [0, 0.05) is 37.8 Å². The van der Waals surface area contributed by atoms with E-state index >= 15 is 0 Å². The predicted octanol–water partition coefficient (Wildman–Crippen LogP) is 2.68. The maximum absolute atomic E-state index is 5.48. The number of methoxy groups -OCH3 is 3. The summed E-state index contributed by atoms with van der Waals surface area (Å²) in [5.41, 5.74) is 1.03. The third-order valence-corrected chi connectivity index (χ3v) is 4.71. The molecule has 1 aliphatic rings. The third-order valence-electron chi connectivity index (χ3n) is 4.71. The van der Waals surface area contributed by atoms with Gasteiger partial charge in [-0.15, -0.1) is 0 Å². The highest BCUT2D eigenvalue weighted by Crippen LogP contribution is 2.33. The molecule has 0 saturated heterocycles. The quantitative estimate of drug-likeness (QED) is 0.708. The van der Waals surface area contributed by atoms with Crippen LogP contribution >= 0.6 is 0 Å². The number of rotatable bonds is 9. The first-order valence-corrected chi connectivity index (χ1v) is 8.39. The fourth-order valence-electron chi connectivity index (χ4n) is 3.25. The number of nitrogens with zero attached hydrogens (tertiary/aromatic N) is 1. The standard InChI is InChI=1S/C18H30N2O3/c1-20(14-7-5-6-8-14)10-9-19-13-16-17(22-3)11-15(21-2)12-18(16)23-4/h11-12,14,19H,5-10,13H2,1-4H3. The molecule has 130 valence electrons. The van der Waals surface area contributed by atoms with Crippen molar-refractivity contribution in [2.75, 3.05) is 41.5 Å². The molecule has 0 amide bonds. The average Bonchev–Trinajstić information content (AvgIpc) is 3.12. The van der Waals surface area contributed by atoms with Gasteiger partial charge < -0.3 is 24.4 Å². The van der Waals surface area contributed by atoms with Gasteiger partial charge in [0.25, 0.3) is 0 Å². The molecular formula is C18H30N2O3. The monoisotopic (exact) mass is 322 g/mol. The van der Waals surface area contributed by atoms with E-state index in [1.165, 1.54) is 25.7 Å². The van der Waals surface area contributed by atoms with Crippen LogP contribution in [-0.2, 0) is 6.54 Å². The lowest BCUT2D eigenvalue weighted by Crippen LogP contribution is -2.35. The normalized spacial score (nSPS) is 15.2. The minimum absolute atomic E-state index is 0.717. The molecule has 2 rings (SSSR count). The molecule has 5 nitrogen and oxygen atoms in total. The van der Waals surface area contributed by atoms with Crippen LogP contribution in [0.5, 0.6) is 17.2 Å². The van der Waals surface area contributed by atoms with Gasteiger partial charge in [0.1, 0.15) is 17.2 Å². The molecule has 0 heterocycles. The molecule has 0 unspecified atom stereocenters. The number of likely N-dealkylation sites (N-methyl/N-ethyl adjacent to an activating group) is 1. The van der Waals surface area contributed by atoms with Gasteiger partial charge in [0.15, 0.2) is 0 Å². The molecule has 0 atom stereocenters. The van der Waals surface area contributed by atoms with Crippen LogP contribution in [0, 0.1) is 0 Å². The Kier molecular flexibility index (Phi) is 6.99. The second kappa shape index (κ2) is 8.99. The summed E-state index contributed by atoms with van der Waals surface area (Å²) < 4.78 is 16.2. The Morgan fingerprint density at radius 2 is 1.65 bits per heavy atom. The van der Waals surface area contributed by atoms with Crippen LogP contribution in [0.2, 0.25) is 0 Å². The Bertz CT molecular complexity index is 462. The van der Waals surface area contributed by atoms with E-state index in [-0.39, 0.29) is 0 Å². The number of nitrogens with one attached hydrogen (secondary N) is 1. The van der Waals surface area contributed by atoms with Crippen LogP contribution in [0.4, 0.5) is 0 Å². The van der Waals surface area contributed by atoms with Gasteiger partial charge in [-0.05, 0) is 19.9 Å². The summed E-state index contributed by atoms with van der Waals surface area (Å²) in [5.74, 6) is 2.32. The van der Waals surface area contributed by atoms with E-state index in [9.17, 15) is 0 Å². The van der Waals surface area contributed by atoms with Crippen LogP contribution in [0.25, 0.3) is 0 Å². The molecular weight excluding hydrogens is 292 g/mol. The zero-order chi connectivity index (χ0) is 16.7. The lowest BCUT2D eigenvalue weighted by atomic mass is 10.1. The van der Waals surface area contributed by atoms with Gasteiger partial charge >= 0.3 is 0 Å². The molecule has 0 aromatic heterocycles. The Balaban J connectivity index is 1.89. The molecule has 0 spiro atoms. The maximum atomic E-state index is 5.48. The highest BCUT2D eigenvalue weighted by molar-refractivity contribution is 5.50. The van der Waals surface area contributed by atoms with Crippen molar-refractivity contribution in [2.45, 2.75) is 38.3 Å². The van der Waals surface area contributed by atoms with Gasteiger partial charge in [-0.3, -0.25) is 0 Å². The number of benzene rings is 1. The minimum atomic E-state index is 0.717. The Morgan fingerprint density at radius 3 is 2.17 bits per heavy atom. The summed E-state index contributed by atoms with van der Waals surface area (Å²) in [6, 6.07) is 4.55. The maximum Gasteiger partial charge on any atom is 0.130 e. The molecule has 1 fully saturated rings. The van der Waals surface area contributed by atoms with E-state index in [2.05, 4.69) is 17.3 Å². The van der Waals surface area contributed by atoms with E-state index in [4.69, 9.17) is 14.2 Å². The molecule has 1 saturated carbocycles. The Hall–Kier alpha value is -1.46. The molecule has 0 aliphatic heterocycles. The highest BCUT2D eigenvalue weighted by atomic mass is 16.5. The van der Waals surface area contributed by atoms with Crippen molar-refractivity contribution < 1.29 is 14.2 Å². The third kappa shape index (κ3) is 4.75. The van der Waals surface area contributed by atoms with E-state index in [0.29, 0.717) is 0 Å². The fraction of sp³-hybridized carbons (Fsp3) is 0.667. The first-order valence-electron chi connectivity index (χ1n) is 8.39. The van der Waals surface area contributed by atoms with Gasteiger partial charge in [0.2, 0.25) is 0 Å². The topological polar surface area (TPSA) is 43.0 Å². The number of hydrogen-bond donors (Lipinski definition) is 1. The zero-order valence-electron chi connectivity index (χ0n) is 14.9. The Morgan fingerprint density at radius 1 is 1.04 bits per heavy atom. The van der Waals surface area contributed by atoms with Crippen LogP contribution in [0.15, 0.2) is 12.1 Å². The number of hydrogen-bond acceptors (Lipinski definition) is 5. The molecule has 1 aromatic carbocycles. The van der Waals surface area contributed by atoms with Crippen LogP contribution in [-0.4, -0.2) is 52.4 Å². The molecule has 23 heavy (non-hydrogen) atoms. The average molecular weight is 322 g/mol. The van der Waals surface area contributed by atoms with Gasteiger partial charge in [-0.25, -0.2) is 0 Å². The second-order valence-corrected chi connectivity index (χ2v) is 6.11. The zero-order valence-corrected chi connectivity index (χ0v) is 14.9. The summed E-state index contributed by atoms with van der Waals surface area (Å²) >= 11 is 0. The van der Waals surface area contributed by atoms with Gasteiger partial charge in [0.05, 0.1) is 26.9 Å². The minimum Gasteiger partial charge on any atom is -0.496 e. The van der Waals surface area contributed by atoms with E-state index in [0.717, 1.165) is 48.5 Å². The summed E-state index contributed by atoms with van der Waals surface area (Å²) in [7, 11) is 7.22. The van der Waals surface area contributed by atoms with Crippen LogP contribution in [0.1, 0.15) is 31.2 Å². The summed E-state index contributed by atoms with van der Waals surface area (Å²) in [6.07, 6.45) is 5.44. The van der Waals surface area contributed by atoms with Crippen molar-refractivity contribution in [2.24, 2.45) is 0 Å². The largest absolute Gasteiger partial charge is 0.496 e. The van der Waals surface area contributed by atoms with Crippen molar-refractivity contribution in [3.05, 3.63) is 17.7 Å². The lowest BCUT2D eigenvalue weighted by molar-refractivity contribution is 0.245. The first-order chi connectivity index (χ1) is 11.2. The van der Waals surface area contributed by atoms with E-state index < -0.39 is 0 Å². The SMILES string of the molecule is COc1cc(OC)c(CNCCN(C)C2CCCC2)c(OC)c1. The summed E-state index contributed by atoms with van der Waals surface area (Å²) in [4.78, 5) is 2.47. The lowest BCUT2D eigenvalue weighted by Gasteiger charge is -2.24. The summed E-state index contributed by atoms with van der Waals surface area (Å²) in [5, 5.41) is 3.50. The smallest absolute Gasteiger partial charge is 0.130 e. The molecule has 1 aliphatic carbocycles. The molecule has 1 N–H and O–H groups in total. The van der Waals surface area contributed by atoms with Gasteiger partial charge in [-0.1, -0.05) is 12.8 Å². The Labute approximate surface area is 139 Å². The van der Waals surface area contributed by atoms with Crippen molar-refractivity contribution in [3.8, 4) is 17.2 Å². The predicted molar refractivity (Wildman–Crippen MR) is 92.7 cm³/mol. The fourth-order valence-corrected chi connectivity index (χ4v) is 3.25. The first kappa shape index (κ1) is 17.9. The van der Waals surface area contributed by atoms with Crippen LogP contribution in [0.3, 0.4) is 0 Å². The van der Waals surface area contributed by atoms with E-state index in [1.807, 2.05) is 12.1 Å². The van der Waals surface area contributed by atoms with Crippen molar-refractivity contribution in [1.29, 1.82) is 0 Å². The molecule has 5 heteroatoms. The molecule has 1 aromatic rings.